The van der Waals surface area contributed by atoms with Gasteiger partial charge in [0.15, 0.2) is 15.5 Å². The molecule has 0 spiro atoms. The van der Waals surface area contributed by atoms with Crippen LogP contribution in [0.2, 0.25) is 0 Å². The second kappa shape index (κ2) is 6.72. The summed E-state index contributed by atoms with van der Waals surface area (Å²) in [5.74, 6) is -0.547. The normalized spacial score (nSPS) is 17.6. The third-order valence-electron chi connectivity index (χ3n) is 4.63. The molecule has 0 radical (unpaired) electrons. The molecule has 8 nitrogen and oxygen atoms in total. The number of carbonyl (C=O) groups is 1. The standard InChI is InChI=1S/C16H22N4O4S/c1-10-14-8-12(9-17-15(14)20(3)19-10)18-16(21)11(2)25(22,23)13-4-6-24-7-5-13/h8-9,11,13H,4-7H2,1-3H3,(H,18,21)/t11-/m0/s1. The van der Waals surface area contributed by atoms with E-state index in [9.17, 15) is 13.2 Å². The third-order valence-corrected chi connectivity index (χ3v) is 7.23. The molecule has 3 heterocycles. The number of ether oxygens (including phenoxy) is 1. The molecule has 0 saturated carbocycles. The third kappa shape index (κ3) is 3.38. The SMILES string of the molecule is Cc1nn(C)c2ncc(NC(=O)[C@H](C)S(=O)(=O)C3CCOCC3)cc12. The van der Waals surface area contributed by atoms with Gasteiger partial charge >= 0.3 is 0 Å². The van der Waals surface area contributed by atoms with E-state index in [0.717, 1.165) is 11.1 Å². The number of fused-ring (bicyclic) bond motifs is 1. The number of carbonyl (C=O) groups excluding carboxylic acids is 1. The zero-order valence-electron chi connectivity index (χ0n) is 14.5. The molecule has 1 amide bonds. The van der Waals surface area contributed by atoms with E-state index in [4.69, 9.17) is 4.74 Å². The van der Waals surface area contributed by atoms with Gasteiger partial charge in [-0.25, -0.2) is 13.4 Å². The lowest BCUT2D eigenvalue weighted by Gasteiger charge is -2.25. The van der Waals surface area contributed by atoms with Gasteiger partial charge in [-0.15, -0.1) is 0 Å². The Labute approximate surface area is 146 Å². The molecule has 0 bridgehead atoms. The first-order chi connectivity index (χ1) is 11.8. The summed E-state index contributed by atoms with van der Waals surface area (Å²) in [6.07, 6.45) is 2.37. The Bertz CT molecular complexity index is 900. The van der Waals surface area contributed by atoms with Crippen LogP contribution in [0.3, 0.4) is 0 Å². The lowest BCUT2D eigenvalue weighted by molar-refractivity contribution is -0.115. The van der Waals surface area contributed by atoms with Gasteiger partial charge in [0.2, 0.25) is 5.91 Å². The molecule has 1 saturated heterocycles. The van der Waals surface area contributed by atoms with Crippen molar-refractivity contribution >= 4 is 32.5 Å². The summed E-state index contributed by atoms with van der Waals surface area (Å²) in [4.78, 5) is 16.7. The van der Waals surface area contributed by atoms with Gasteiger partial charge in [0.05, 0.1) is 22.8 Å². The first-order valence-corrected chi connectivity index (χ1v) is 9.82. The van der Waals surface area contributed by atoms with Gasteiger partial charge in [0.25, 0.3) is 0 Å². The second-order valence-corrected chi connectivity index (χ2v) is 8.89. The van der Waals surface area contributed by atoms with Crippen LogP contribution in [0.25, 0.3) is 11.0 Å². The van der Waals surface area contributed by atoms with Crippen molar-refractivity contribution in [3.8, 4) is 0 Å². The fourth-order valence-corrected chi connectivity index (χ4v) is 4.85. The minimum Gasteiger partial charge on any atom is -0.381 e. The summed E-state index contributed by atoms with van der Waals surface area (Å²) >= 11 is 0. The number of amides is 1. The molecule has 3 rings (SSSR count). The quantitative estimate of drug-likeness (QED) is 0.872. The Hall–Kier alpha value is -2.00. The predicted molar refractivity (Wildman–Crippen MR) is 94.1 cm³/mol. The van der Waals surface area contributed by atoms with E-state index in [0.29, 0.717) is 37.4 Å². The summed E-state index contributed by atoms with van der Waals surface area (Å²) in [6, 6.07) is 1.76. The van der Waals surface area contributed by atoms with Gasteiger partial charge < -0.3 is 10.1 Å². The molecule has 0 unspecified atom stereocenters. The fraction of sp³-hybridized carbons (Fsp3) is 0.562. The van der Waals surface area contributed by atoms with Gasteiger partial charge in [0.1, 0.15) is 5.25 Å². The number of nitrogens with one attached hydrogen (secondary N) is 1. The highest BCUT2D eigenvalue weighted by Crippen LogP contribution is 2.23. The fourth-order valence-electron chi connectivity index (χ4n) is 3.06. The molecule has 1 fully saturated rings. The summed E-state index contributed by atoms with van der Waals surface area (Å²) in [6.45, 7) is 4.12. The number of anilines is 1. The van der Waals surface area contributed by atoms with Crippen LogP contribution in [0.15, 0.2) is 12.3 Å². The highest BCUT2D eigenvalue weighted by molar-refractivity contribution is 7.93. The zero-order chi connectivity index (χ0) is 18.2. The summed E-state index contributed by atoms with van der Waals surface area (Å²) in [7, 11) is -1.76. The summed E-state index contributed by atoms with van der Waals surface area (Å²) in [5.41, 5.74) is 1.96. The van der Waals surface area contributed by atoms with Crippen LogP contribution in [0.5, 0.6) is 0 Å². The molecule has 2 aromatic heterocycles. The van der Waals surface area contributed by atoms with E-state index >= 15 is 0 Å². The van der Waals surface area contributed by atoms with Crippen LogP contribution < -0.4 is 5.32 Å². The van der Waals surface area contributed by atoms with Crippen LogP contribution in [0.1, 0.15) is 25.5 Å². The number of rotatable bonds is 4. The van der Waals surface area contributed by atoms with Crippen molar-refractivity contribution in [3.05, 3.63) is 18.0 Å². The first kappa shape index (κ1) is 17.8. The minimum atomic E-state index is -3.56. The lowest BCUT2D eigenvalue weighted by Crippen LogP contribution is -2.41. The highest BCUT2D eigenvalue weighted by Gasteiger charge is 2.36. The van der Waals surface area contributed by atoms with E-state index < -0.39 is 26.2 Å². The van der Waals surface area contributed by atoms with Crippen molar-refractivity contribution in [3.63, 3.8) is 0 Å². The number of aryl methyl sites for hydroxylation is 2. The van der Waals surface area contributed by atoms with Crippen molar-refractivity contribution in [1.29, 1.82) is 0 Å². The number of hydrogen-bond donors (Lipinski definition) is 1. The van der Waals surface area contributed by atoms with Crippen LogP contribution in [-0.4, -0.2) is 52.8 Å². The van der Waals surface area contributed by atoms with Crippen molar-refractivity contribution in [1.82, 2.24) is 14.8 Å². The zero-order valence-corrected chi connectivity index (χ0v) is 15.3. The first-order valence-electron chi connectivity index (χ1n) is 8.21. The molecule has 136 valence electrons. The van der Waals surface area contributed by atoms with E-state index in [2.05, 4.69) is 15.4 Å². The van der Waals surface area contributed by atoms with Crippen molar-refractivity contribution in [2.45, 2.75) is 37.2 Å². The molecule has 0 aliphatic carbocycles. The van der Waals surface area contributed by atoms with Crippen LogP contribution in [0.4, 0.5) is 5.69 Å². The number of pyridine rings is 1. The molecule has 0 aromatic carbocycles. The smallest absolute Gasteiger partial charge is 0.242 e. The Morgan fingerprint density at radius 2 is 2.08 bits per heavy atom. The maximum absolute atomic E-state index is 12.6. The van der Waals surface area contributed by atoms with Gasteiger partial charge in [0, 0.05) is 25.6 Å². The van der Waals surface area contributed by atoms with Gasteiger partial charge in [-0.05, 0) is 32.8 Å². The van der Waals surface area contributed by atoms with Crippen molar-refractivity contribution in [2.24, 2.45) is 7.05 Å². The Morgan fingerprint density at radius 1 is 1.40 bits per heavy atom. The molecule has 1 aliphatic rings. The van der Waals surface area contributed by atoms with E-state index in [1.54, 1.807) is 17.8 Å². The highest BCUT2D eigenvalue weighted by atomic mass is 32.2. The predicted octanol–water partition coefficient (Wildman–Crippen LogP) is 1.20. The Morgan fingerprint density at radius 3 is 2.76 bits per heavy atom. The molecule has 2 aromatic rings. The number of hydrogen-bond acceptors (Lipinski definition) is 6. The van der Waals surface area contributed by atoms with Crippen molar-refractivity contribution < 1.29 is 17.9 Å². The Kier molecular flexibility index (Phi) is 4.79. The monoisotopic (exact) mass is 366 g/mol. The molecule has 1 N–H and O–H groups in total. The maximum Gasteiger partial charge on any atom is 0.242 e. The lowest BCUT2D eigenvalue weighted by atomic mass is 10.2. The van der Waals surface area contributed by atoms with Crippen LogP contribution in [-0.2, 0) is 26.4 Å². The molecule has 1 atom stereocenters. The van der Waals surface area contributed by atoms with Crippen molar-refractivity contribution in [2.75, 3.05) is 18.5 Å². The van der Waals surface area contributed by atoms with Gasteiger partial charge in [-0.3, -0.25) is 9.48 Å². The average Bonchev–Trinajstić information content (AvgIpc) is 2.88. The maximum atomic E-state index is 12.6. The van der Waals surface area contributed by atoms with E-state index in [1.807, 2.05) is 6.92 Å². The number of sulfone groups is 1. The van der Waals surface area contributed by atoms with E-state index in [1.165, 1.54) is 13.1 Å². The summed E-state index contributed by atoms with van der Waals surface area (Å²) < 4.78 is 32.1. The molecule has 9 heteroatoms. The van der Waals surface area contributed by atoms with E-state index in [-0.39, 0.29) is 0 Å². The topological polar surface area (TPSA) is 103 Å². The minimum absolute atomic E-state index is 0.416. The van der Waals surface area contributed by atoms with Gasteiger partial charge in [-0.2, -0.15) is 5.10 Å². The van der Waals surface area contributed by atoms with Gasteiger partial charge in [-0.1, -0.05) is 0 Å². The largest absolute Gasteiger partial charge is 0.381 e. The molecular formula is C16H22N4O4S. The number of aromatic nitrogens is 3. The molecule has 25 heavy (non-hydrogen) atoms. The average molecular weight is 366 g/mol. The van der Waals surface area contributed by atoms with Crippen LogP contribution >= 0.6 is 0 Å². The Balaban J connectivity index is 1.78. The second-order valence-electron chi connectivity index (χ2n) is 6.34. The van der Waals surface area contributed by atoms with Crippen LogP contribution in [0, 0.1) is 6.92 Å². The number of nitrogens with zero attached hydrogens (tertiary/aromatic N) is 3. The summed E-state index contributed by atoms with van der Waals surface area (Å²) in [5, 5.41) is 6.12. The molecule has 1 aliphatic heterocycles. The molecular weight excluding hydrogens is 344 g/mol.